The summed E-state index contributed by atoms with van der Waals surface area (Å²) in [6, 6.07) is 1.77. The number of methoxy groups -OCH3 is 1. The average molecular weight is 530 g/mol. The van der Waals surface area contributed by atoms with Crippen LogP contribution < -0.4 is 17.0 Å². The number of carbonyl (C=O) groups is 1. The molecule has 0 fully saturated rings. The Labute approximate surface area is 219 Å². The van der Waals surface area contributed by atoms with E-state index in [1.165, 1.54) is 29.8 Å². The Balaban J connectivity index is 2.41. The molecule has 3 aromatic heterocycles. The number of hydrogen-bond acceptors (Lipinski definition) is 7. The highest BCUT2D eigenvalue weighted by Crippen LogP contribution is 2.32. The van der Waals surface area contributed by atoms with Crippen LogP contribution in [0.25, 0.3) is 15.2 Å². The van der Waals surface area contributed by atoms with Crippen molar-refractivity contribution >= 4 is 27.5 Å². The molecule has 0 saturated carbocycles. The number of carbonyl (C=O) groups excluding carboxylic acids is 1. The van der Waals surface area contributed by atoms with Gasteiger partial charge in [-0.1, -0.05) is 37.8 Å². The molecular formula is C26H35N5O5S. The van der Waals surface area contributed by atoms with Crippen molar-refractivity contribution in [2.45, 2.75) is 59.7 Å². The van der Waals surface area contributed by atoms with Gasteiger partial charge in [-0.25, -0.2) is 14.0 Å². The fourth-order valence-electron chi connectivity index (χ4n) is 4.04. The number of primary amides is 1. The summed E-state index contributed by atoms with van der Waals surface area (Å²) in [6.07, 6.45) is 4.43. The van der Waals surface area contributed by atoms with Crippen LogP contribution in [0.15, 0.2) is 52.0 Å². The maximum atomic E-state index is 14.0. The van der Waals surface area contributed by atoms with E-state index in [9.17, 15) is 14.4 Å². The van der Waals surface area contributed by atoms with Crippen molar-refractivity contribution in [2.75, 3.05) is 13.7 Å². The van der Waals surface area contributed by atoms with Crippen LogP contribution in [0.4, 0.5) is 0 Å². The topological polar surface area (TPSA) is 123 Å². The van der Waals surface area contributed by atoms with Gasteiger partial charge in [0, 0.05) is 30.1 Å². The number of nitrogens with two attached hydrogens (primary N) is 1. The van der Waals surface area contributed by atoms with Crippen molar-refractivity contribution in [3.63, 3.8) is 0 Å². The molecule has 0 aliphatic heterocycles. The first-order valence-corrected chi connectivity index (χ1v) is 12.8. The van der Waals surface area contributed by atoms with Gasteiger partial charge >= 0.3 is 5.69 Å². The average Bonchev–Trinajstić information content (AvgIpc) is 3.47. The monoisotopic (exact) mass is 529 g/mol. The summed E-state index contributed by atoms with van der Waals surface area (Å²) in [4.78, 5) is 40.5. The molecule has 0 unspecified atom stereocenters. The molecule has 1 atom stereocenters. The van der Waals surface area contributed by atoms with E-state index in [1.54, 1.807) is 50.2 Å². The normalized spacial score (nSPS) is 13.6. The number of hydrogen-bond donors (Lipinski definition) is 1. The third kappa shape index (κ3) is 5.19. The molecule has 0 saturated heterocycles. The minimum atomic E-state index is -1.57. The molecule has 0 bridgehead atoms. The Morgan fingerprint density at radius 3 is 2.51 bits per heavy atom. The first-order chi connectivity index (χ1) is 17.4. The number of ether oxygens (including phenoxy) is 2. The highest BCUT2D eigenvalue weighted by atomic mass is 32.1. The second kappa shape index (κ2) is 10.9. The zero-order valence-corrected chi connectivity index (χ0v) is 23.2. The number of fused-ring (bicyclic) bond motifs is 1. The van der Waals surface area contributed by atoms with E-state index in [0.717, 1.165) is 4.57 Å². The number of aromatic nitrogens is 4. The Bertz CT molecular complexity index is 1460. The largest absolute Gasteiger partial charge is 0.501 e. The predicted octanol–water partition coefficient (Wildman–Crippen LogP) is 3.09. The Kier molecular flexibility index (Phi) is 8.28. The van der Waals surface area contributed by atoms with Gasteiger partial charge in [-0.2, -0.15) is 5.10 Å². The molecular weight excluding hydrogens is 494 g/mol. The summed E-state index contributed by atoms with van der Waals surface area (Å²) in [5, 5.41) is 5.31. The fraction of sp³-hybridized carbons (Fsp3) is 0.462. The number of amides is 1. The van der Waals surface area contributed by atoms with Crippen LogP contribution in [0, 0.1) is 12.8 Å². The van der Waals surface area contributed by atoms with Gasteiger partial charge in [0.2, 0.25) is 5.91 Å². The van der Waals surface area contributed by atoms with Crippen molar-refractivity contribution in [1.82, 2.24) is 18.9 Å². The third-order valence-corrected chi connectivity index (χ3v) is 7.62. The maximum Gasteiger partial charge on any atom is 0.333 e. The van der Waals surface area contributed by atoms with Crippen molar-refractivity contribution in [3.05, 3.63) is 68.8 Å². The van der Waals surface area contributed by atoms with Gasteiger partial charge in [0.15, 0.2) is 0 Å². The zero-order chi connectivity index (χ0) is 27.7. The molecule has 3 rings (SSSR count). The summed E-state index contributed by atoms with van der Waals surface area (Å²) < 4.78 is 15.8. The summed E-state index contributed by atoms with van der Waals surface area (Å²) in [7, 11) is 1.55. The molecule has 10 nitrogen and oxygen atoms in total. The molecule has 11 heteroatoms. The molecule has 3 aromatic rings. The van der Waals surface area contributed by atoms with E-state index in [4.69, 9.17) is 15.2 Å². The lowest BCUT2D eigenvalue weighted by Gasteiger charge is -2.26. The van der Waals surface area contributed by atoms with Crippen LogP contribution in [0.3, 0.4) is 0 Å². The lowest BCUT2D eigenvalue weighted by atomic mass is 10.0. The summed E-state index contributed by atoms with van der Waals surface area (Å²) in [6.45, 7) is 15.0. The molecule has 2 N–H and O–H groups in total. The Morgan fingerprint density at radius 1 is 1.32 bits per heavy atom. The molecule has 3 heterocycles. The highest BCUT2D eigenvalue weighted by Gasteiger charge is 2.34. The molecule has 0 aliphatic carbocycles. The van der Waals surface area contributed by atoms with E-state index in [2.05, 4.69) is 11.7 Å². The van der Waals surface area contributed by atoms with E-state index in [1.807, 2.05) is 13.8 Å². The number of thiophene rings is 1. The lowest BCUT2D eigenvalue weighted by Crippen LogP contribution is -2.55. The van der Waals surface area contributed by atoms with Gasteiger partial charge in [0.05, 0.1) is 24.8 Å². The second-order valence-electron chi connectivity index (χ2n) is 9.76. The van der Waals surface area contributed by atoms with Crippen LogP contribution in [0.2, 0.25) is 0 Å². The maximum absolute atomic E-state index is 14.0. The minimum absolute atomic E-state index is 0.0533. The van der Waals surface area contributed by atoms with Crippen LogP contribution in [0.5, 0.6) is 0 Å². The predicted molar refractivity (Wildman–Crippen MR) is 145 cm³/mol. The van der Waals surface area contributed by atoms with E-state index in [0.29, 0.717) is 38.7 Å². The first kappa shape index (κ1) is 28.1. The number of aryl methyl sites for hydroxylation is 1. The zero-order valence-electron chi connectivity index (χ0n) is 22.4. The minimum Gasteiger partial charge on any atom is -0.501 e. The molecule has 0 aromatic carbocycles. The van der Waals surface area contributed by atoms with Crippen LogP contribution in [-0.2, 0) is 26.4 Å². The lowest BCUT2D eigenvalue weighted by molar-refractivity contribution is -0.125. The van der Waals surface area contributed by atoms with Gasteiger partial charge in [-0.3, -0.25) is 14.2 Å². The van der Waals surface area contributed by atoms with Crippen molar-refractivity contribution in [3.8, 4) is 5.00 Å². The van der Waals surface area contributed by atoms with E-state index >= 15 is 0 Å². The molecule has 0 radical (unpaired) electrons. The fourth-order valence-corrected chi connectivity index (χ4v) is 5.29. The van der Waals surface area contributed by atoms with Crippen LogP contribution >= 0.6 is 11.3 Å². The third-order valence-electron chi connectivity index (χ3n) is 6.32. The van der Waals surface area contributed by atoms with Gasteiger partial charge in [-0.15, -0.1) is 0 Å². The van der Waals surface area contributed by atoms with Crippen LogP contribution in [0.1, 0.15) is 40.2 Å². The first-order valence-electron chi connectivity index (χ1n) is 11.9. The SMILES string of the molecule is C=C/C(=C(\C)OC)[C@H](Cn1c(=O)n(C(C)(C)C(N)=O)c(=O)c2c(C)c(-n3cccn3)sc21)OCC(C)C. The standard InChI is InChI=1S/C26H35N5O5S/c1-9-18(17(5)35-8)19(36-14-15(2)3)13-29-23-20(16(4)22(37-23)30-12-10-11-28-30)21(32)31(25(29)34)26(6,7)24(27)33/h9-12,15,19H,1,13-14H2,2-8H3,(H2,27,33)/b18-17-/t19-/m0/s1. The number of allylic oxidation sites excluding steroid dienone is 1. The van der Waals surface area contributed by atoms with Crippen molar-refractivity contribution in [1.29, 1.82) is 0 Å². The molecule has 0 spiro atoms. The van der Waals surface area contributed by atoms with Gasteiger partial charge in [0.1, 0.15) is 21.5 Å². The number of rotatable bonds is 11. The molecule has 37 heavy (non-hydrogen) atoms. The van der Waals surface area contributed by atoms with Crippen molar-refractivity contribution < 1.29 is 14.3 Å². The number of nitrogens with zero attached hydrogens (tertiary/aromatic N) is 4. The summed E-state index contributed by atoms with van der Waals surface area (Å²) in [5.74, 6) is 0.0250. The molecule has 1 amide bonds. The Morgan fingerprint density at radius 2 is 2.00 bits per heavy atom. The van der Waals surface area contributed by atoms with Gasteiger partial charge in [-0.05, 0) is 39.7 Å². The smallest absolute Gasteiger partial charge is 0.333 e. The molecule has 200 valence electrons. The van der Waals surface area contributed by atoms with Crippen molar-refractivity contribution in [2.24, 2.45) is 11.7 Å². The van der Waals surface area contributed by atoms with Crippen LogP contribution in [-0.4, -0.2) is 44.6 Å². The highest BCUT2D eigenvalue weighted by molar-refractivity contribution is 7.21. The van der Waals surface area contributed by atoms with Gasteiger partial charge < -0.3 is 15.2 Å². The molecule has 0 aliphatic rings. The summed E-state index contributed by atoms with van der Waals surface area (Å²) >= 11 is 1.27. The van der Waals surface area contributed by atoms with E-state index in [-0.39, 0.29) is 12.5 Å². The van der Waals surface area contributed by atoms with E-state index < -0.39 is 28.8 Å². The summed E-state index contributed by atoms with van der Waals surface area (Å²) in [5.41, 5.74) is 4.15. The Hall–Kier alpha value is -3.44. The van der Waals surface area contributed by atoms with Gasteiger partial charge in [0.25, 0.3) is 5.56 Å². The second-order valence-corrected chi connectivity index (χ2v) is 10.7. The quantitative estimate of drug-likeness (QED) is 0.301.